The second-order valence-corrected chi connectivity index (χ2v) is 19.4. The van der Waals surface area contributed by atoms with Crippen molar-refractivity contribution in [2.45, 2.75) is 133 Å². The first-order valence-corrected chi connectivity index (χ1v) is 15.1. The van der Waals surface area contributed by atoms with Gasteiger partial charge in [0.1, 0.15) is 0 Å². The van der Waals surface area contributed by atoms with Crippen LogP contribution in [0.25, 0.3) is 0 Å². The molecule has 2 nitrogen and oxygen atoms in total. The van der Waals surface area contributed by atoms with Crippen molar-refractivity contribution >= 4 is 15.7 Å². The van der Waals surface area contributed by atoms with Gasteiger partial charge < -0.3 is 9.59 Å². The Labute approximate surface area is 158 Å². The predicted molar refractivity (Wildman–Crippen MR) is 122 cm³/mol. The molecule has 0 rings (SSSR count). The number of hydrogen-bond donors (Lipinski definition) is 2. The van der Waals surface area contributed by atoms with Gasteiger partial charge in [0.05, 0.1) is 0 Å². The first kappa shape index (κ1) is 35.5. The van der Waals surface area contributed by atoms with Crippen LogP contribution >= 0.6 is 0 Å². The van der Waals surface area contributed by atoms with Crippen molar-refractivity contribution in [3.8, 4) is 0 Å². The lowest BCUT2D eigenvalue weighted by Crippen LogP contribution is -2.59. The molecule has 0 saturated heterocycles. The average Bonchev–Trinajstić information content (AvgIpc) is 2.38. The van der Waals surface area contributed by atoms with E-state index in [4.69, 9.17) is 0 Å². The molecule has 0 aromatic rings. The molecule has 2 atom stereocenters. The Morgan fingerprint density at radius 1 is 0.500 bits per heavy atom. The van der Waals surface area contributed by atoms with Crippen molar-refractivity contribution < 1.29 is 9.59 Å². The highest BCUT2D eigenvalue weighted by Gasteiger charge is 2.46. The standard InChI is InChI=1S/C16H38O2Si2.4CH4/c1-5-7-9-11-12-14-16-20(4,18)19(3,17)15-13-10-8-6-2;;;;/h17-18H,5-16H2,1-4H3;4*1H4. The number of rotatable bonds is 13. The molecule has 0 spiro atoms. The second kappa shape index (κ2) is 19.7. The summed E-state index contributed by atoms with van der Waals surface area (Å²) in [5, 5.41) is 0. The first-order chi connectivity index (χ1) is 9.37. The van der Waals surface area contributed by atoms with E-state index in [1.165, 1.54) is 51.4 Å². The van der Waals surface area contributed by atoms with E-state index in [1.54, 1.807) is 0 Å². The van der Waals surface area contributed by atoms with Crippen molar-refractivity contribution in [3.05, 3.63) is 0 Å². The fourth-order valence-corrected chi connectivity index (χ4v) is 9.93. The predicted octanol–water partition coefficient (Wildman–Crippen LogP) is 7.69. The zero-order valence-corrected chi connectivity index (χ0v) is 16.4. The molecule has 0 fully saturated rings. The van der Waals surface area contributed by atoms with Crippen LogP contribution in [0.1, 0.15) is 108 Å². The van der Waals surface area contributed by atoms with Crippen LogP contribution in [0.5, 0.6) is 0 Å². The lowest BCUT2D eigenvalue weighted by molar-refractivity contribution is 0.497. The lowest BCUT2D eigenvalue weighted by atomic mass is 10.1. The Bertz CT molecular complexity index is 232. The fraction of sp³-hybridized carbons (Fsp3) is 1.00. The third-order valence-corrected chi connectivity index (χ3v) is 18.1. The van der Waals surface area contributed by atoms with Gasteiger partial charge in [-0.25, -0.2) is 0 Å². The first-order valence-electron chi connectivity index (χ1n) is 8.82. The molecule has 0 saturated carbocycles. The minimum absolute atomic E-state index is 0. The molecule has 0 bridgehead atoms. The Morgan fingerprint density at radius 3 is 1.08 bits per heavy atom. The maximum absolute atomic E-state index is 10.8. The van der Waals surface area contributed by atoms with E-state index in [-0.39, 0.29) is 29.7 Å². The van der Waals surface area contributed by atoms with Gasteiger partial charge in [0, 0.05) is 0 Å². The summed E-state index contributed by atoms with van der Waals surface area (Å²) in [5.74, 6) is 0. The third-order valence-electron chi connectivity index (χ3n) is 4.69. The van der Waals surface area contributed by atoms with Gasteiger partial charge >= 0.3 is 0 Å². The van der Waals surface area contributed by atoms with Gasteiger partial charge in [-0.1, -0.05) is 108 Å². The molecule has 2 N–H and O–H groups in total. The smallest absolute Gasteiger partial charge is 0.203 e. The molecule has 154 valence electrons. The van der Waals surface area contributed by atoms with Gasteiger partial charge in [0.25, 0.3) is 0 Å². The topological polar surface area (TPSA) is 40.5 Å². The summed E-state index contributed by atoms with van der Waals surface area (Å²) in [6, 6.07) is 1.81. The van der Waals surface area contributed by atoms with E-state index in [0.29, 0.717) is 0 Å². The Balaban J connectivity index is -0.000000301. The molecule has 0 aliphatic carbocycles. The Morgan fingerprint density at radius 2 is 0.750 bits per heavy atom. The monoisotopic (exact) mass is 382 g/mol. The van der Waals surface area contributed by atoms with Crippen LogP contribution < -0.4 is 0 Å². The van der Waals surface area contributed by atoms with Crippen LogP contribution in [0, 0.1) is 0 Å². The summed E-state index contributed by atoms with van der Waals surface area (Å²) >= 11 is 0. The summed E-state index contributed by atoms with van der Waals surface area (Å²) in [6.45, 7) is 8.45. The highest BCUT2D eigenvalue weighted by atomic mass is 29.3. The SMILES string of the molecule is C.C.C.C.CCCCCCCC[Si](C)(O)[Si](C)(O)CCCCCC. The molecule has 0 amide bonds. The fourth-order valence-electron chi connectivity index (χ4n) is 2.68. The molecule has 0 heterocycles. The van der Waals surface area contributed by atoms with E-state index in [0.717, 1.165) is 24.9 Å². The van der Waals surface area contributed by atoms with E-state index in [2.05, 4.69) is 13.8 Å². The quantitative estimate of drug-likeness (QED) is 0.253. The van der Waals surface area contributed by atoms with Crippen LogP contribution in [0.3, 0.4) is 0 Å². The van der Waals surface area contributed by atoms with Gasteiger partial charge in [-0.3, -0.25) is 0 Å². The molecule has 0 radical (unpaired) electrons. The zero-order valence-electron chi connectivity index (χ0n) is 14.4. The van der Waals surface area contributed by atoms with Crippen LogP contribution in [0.4, 0.5) is 0 Å². The van der Waals surface area contributed by atoms with Crippen LogP contribution in [0.2, 0.25) is 25.2 Å². The molecular weight excluding hydrogens is 328 g/mol. The Hall–Kier alpha value is 0.354. The number of hydrogen-bond acceptors (Lipinski definition) is 2. The average molecular weight is 383 g/mol. The molecule has 0 aromatic heterocycles. The van der Waals surface area contributed by atoms with Gasteiger partial charge in [0.2, 0.25) is 15.7 Å². The normalized spacial score (nSPS) is 14.8. The maximum Gasteiger partial charge on any atom is 0.203 e. The molecule has 0 aliphatic heterocycles. The van der Waals surface area contributed by atoms with Gasteiger partial charge in [-0.05, 0) is 25.2 Å². The lowest BCUT2D eigenvalue weighted by Gasteiger charge is -2.34. The molecule has 0 aliphatic rings. The maximum atomic E-state index is 10.8. The molecule has 4 heteroatoms. The van der Waals surface area contributed by atoms with Gasteiger partial charge in [-0.2, -0.15) is 0 Å². The van der Waals surface area contributed by atoms with Crippen molar-refractivity contribution in [3.63, 3.8) is 0 Å². The summed E-state index contributed by atoms with van der Waals surface area (Å²) in [5.41, 5.74) is 0. The van der Waals surface area contributed by atoms with E-state index in [9.17, 15) is 9.59 Å². The third kappa shape index (κ3) is 15.9. The van der Waals surface area contributed by atoms with Crippen molar-refractivity contribution in [1.29, 1.82) is 0 Å². The van der Waals surface area contributed by atoms with Crippen molar-refractivity contribution in [2.75, 3.05) is 0 Å². The Kier molecular flexibility index (Phi) is 29.1. The largest absolute Gasteiger partial charge is 0.432 e. The molecule has 2 unspecified atom stereocenters. The molecular formula is C20H54O2Si2. The minimum atomic E-state index is -2.37. The van der Waals surface area contributed by atoms with Crippen LogP contribution in [-0.2, 0) is 0 Å². The van der Waals surface area contributed by atoms with Gasteiger partial charge in [0.15, 0.2) is 0 Å². The molecule has 24 heavy (non-hydrogen) atoms. The van der Waals surface area contributed by atoms with Gasteiger partial charge in [-0.15, -0.1) is 0 Å². The minimum Gasteiger partial charge on any atom is -0.432 e. The second-order valence-electron chi connectivity index (χ2n) is 6.88. The highest BCUT2D eigenvalue weighted by molar-refractivity contribution is 7.35. The zero-order chi connectivity index (χ0) is 15.5. The van der Waals surface area contributed by atoms with Crippen LogP contribution in [-0.4, -0.2) is 25.3 Å². The van der Waals surface area contributed by atoms with Crippen molar-refractivity contribution in [1.82, 2.24) is 0 Å². The van der Waals surface area contributed by atoms with E-state index in [1.807, 2.05) is 13.1 Å². The summed E-state index contributed by atoms with van der Waals surface area (Å²) in [7, 11) is -4.73. The van der Waals surface area contributed by atoms with E-state index < -0.39 is 15.7 Å². The van der Waals surface area contributed by atoms with Crippen LogP contribution in [0.15, 0.2) is 0 Å². The van der Waals surface area contributed by atoms with Crippen molar-refractivity contribution in [2.24, 2.45) is 0 Å². The highest BCUT2D eigenvalue weighted by Crippen LogP contribution is 2.27. The summed E-state index contributed by atoms with van der Waals surface area (Å²) < 4.78 is 0. The number of unbranched alkanes of at least 4 members (excludes halogenated alkanes) is 8. The summed E-state index contributed by atoms with van der Waals surface area (Å²) in [6.07, 6.45) is 12.4. The van der Waals surface area contributed by atoms with E-state index >= 15 is 0 Å². The summed E-state index contributed by atoms with van der Waals surface area (Å²) in [4.78, 5) is 21.5. The molecule has 0 aromatic carbocycles.